The quantitative estimate of drug-likeness (QED) is 0.481. The second-order valence-corrected chi connectivity index (χ2v) is 8.86. The third-order valence-corrected chi connectivity index (χ3v) is 8.07. The molecule has 3 N–H and O–H groups in total. The van der Waals surface area contributed by atoms with Gasteiger partial charge in [-0.05, 0) is 37.7 Å². The lowest BCUT2D eigenvalue weighted by atomic mass is 9.61. The summed E-state index contributed by atoms with van der Waals surface area (Å²) >= 11 is 0. The van der Waals surface area contributed by atoms with E-state index in [0.29, 0.717) is 19.3 Å². The molecule has 4 bridgehead atoms. The normalized spacial score (nSPS) is 58.0. The predicted octanol–water partition coefficient (Wildman–Crippen LogP) is 0.883. The summed E-state index contributed by atoms with van der Waals surface area (Å²) in [6.07, 6.45) is 3.11. The topological polar surface area (TPSA) is 104 Å². The Morgan fingerprint density at radius 2 is 2.12 bits per heavy atom. The zero-order valence-corrected chi connectivity index (χ0v) is 14.0. The van der Waals surface area contributed by atoms with E-state index in [4.69, 9.17) is 4.74 Å². The van der Waals surface area contributed by atoms with Gasteiger partial charge in [0.2, 0.25) is 0 Å². The van der Waals surface area contributed by atoms with Crippen LogP contribution in [0.2, 0.25) is 0 Å². The Labute approximate surface area is 145 Å². The molecule has 6 heteroatoms. The molecule has 1 aliphatic heterocycles. The van der Waals surface area contributed by atoms with Gasteiger partial charge in [0.25, 0.3) is 0 Å². The predicted molar refractivity (Wildman–Crippen MR) is 85.1 cm³/mol. The van der Waals surface area contributed by atoms with E-state index in [-0.39, 0.29) is 11.8 Å². The van der Waals surface area contributed by atoms with E-state index >= 15 is 0 Å². The molecule has 134 valence electrons. The number of hydrogen-bond donors (Lipinski definition) is 3. The summed E-state index contributed by atoms with van der Waals surface area (Å²) in [4.78, 5) is 25.1. The molecule has 25 heavy (non-hydrogen) atoms. The van der Waals surface area contributed by atoms with Gasteiger partial charge in [-0.3, -0.25) is 9.59 Å². The van der Waals surface area contributed by atoms with Gasteiger partial charge in [0.15, 0.2) is 0 Å². The van der Waals surface area contributed by atoms with Crippen LogP contribution in [0.5, 0.6) is 0 Å². The molecule has 1 unspecified atom stereocenters. The van der Waals surface area contributed by atoms with Gasteiger partial charge < -0.3 is 20.1 Å². The Kier molecular flexibility index (Phi) is 2.60. The highest BCUT2D eigenvalue weighted by Gasteiger charge is 2.83. The molecule has 3 saturated carbocycles. The van der Waals surface area contributed by atoms with Crippen molar-refractivity contribution < 1.29 is 29.6 Å². The number of hydrogen-bond acceptors (Lipinski definition) is 5. The summed E-state index contributed by atoms with van der Waals surface area (Å²) in [5, 5.41) is 31.3. The lowest BCUT2D eigenvalue weighted by Crippen LogP contribution is -2.50. The summed E-state index contributed by atoms with van der Waals surface area (Å²) in [7, 11) is 0. The van der Waals surface area contributed by atoms with Crippen LogP contribution in [0.4, 0.5) is 0 Å². The van der Waals surface area contributed by atoms with Crippen LogP contribution in [-0.2, 0) is 14.3 Å². The van der Waals surface area contributed by atoms with E-state index in [2.05, 4.69) is 6.58 Å². The lowest BCUT2D eigenvalue weighted by Gasteiger charge is -2.44. The third-order valence-electron chi connectivity index (χ3n) is 8.07. The second-order valence-electron chi connectivity index (χ2n) is 8.86. The van der Waals surface area contributed by atoms with Crippen molar-refractivity contribution in [2.24, 2.45) is 34.5 Å². The number of aliphatic hydroxyl groups is 2. The van der Waals surface area contributed by atoms with E-state index in [1.165, 1.54) is 0 Å². The van der Waals surface area contributed by atoms with E-state index in [9.17, 15) is 24.9 Å². The minimum absolute atomic E-state index is 0.0920. The highest BCUT2D eigenvalue weighted by atomic mass is 16.6. The largest absolute Gasteiger partial charge is 0.481 e. The van der Waals surface area contributed by atoms with Crippen molar-refractivity contribution in [3.8, 4) is 0 Å². The highest BCUT2D eigenvalue weighted by molar-refractivity contribution is 5.86. The average Bonchev–Trinajstić information content (AvgIpc) is 3.02. The van der Waals surface area contributed by atoms with Crippen molar-refractivity contribution in [3.05, 3.63) is 24.3 Å². The van der Waals surface area contributed by atoms with Gasteiger partial charge in [-0.2, -0.15) is 0 Å². The molecule has 0 radical (unpaired) electrons. The van der Waals surface area contributed by atoms with Gasteiger partial charge in [-0.1, -0.05) is 18.2 Å². The first-order valence-corrected chi connectivity index (χ1v) is 8.88. The van der Waals surface area contributed by atoms with Crippen LogP contribution in [0.15, 0.2) is 24.3 Å². The minimum atomic E-state index is -1.27. The summed E-state index contributed by atoms with van der Waals surface area (Å²) in [5.74, 6) is -3.29. The lowest BCUT2D eigenvalue weighted by molar-refractivity contribution is -0.163. The number of aliphatic hydroxyl groups excluding tert-OH is 2. The Hall–Kier alpha value is -1.66. The van der Waals surface area contributed by atoms with Gasteiger partial charge in [0.05, 0.1) is 18.1 Å². The molecular weight excluding hydrogens is 324 g/mol. The Morgan fingerprint density at radius 3 is 2.80 bits per heavy atom. The van der Waals surface area contributed by atoms with Gasteiger partial charge in [0, 0.05) is 17.8 Å². The van der Waals surface area contributed by atoms with Crippen LogP contribution in [0.3, 0.4) is 0 Å². The molecule has 0 aromatic rings. The van der Waals surface area contributed by atoms with Crippen LogP contribution in [0, 0.1) is 34.5 Å². The second kappa shape index (κ2) is 4.18. The smallest absolute Gasteiger partial charge is 0.316 e. The molecule has 1 heterocycles. The molecule has 4 aliphatic carbocycles. The van der Waals surface area contributed by atoms with Crippen molar-refractivity contribution in [2.75, 3.05) is 0 Å². The number of fused-ring (bicyclic) bond motifs is 1. The molecule has 0 amide bonds. The molecule has 6 nitrogen and oxygen atoms in total. The standard InChI is InChI=1S/C19H22O6/c1-8-6-18-7-9(8)10(20)5-11(18)19-4-3-12(21)17(2,16(24)25-19)14(19)13(18)15(22)23/h3-4,9-14,20-21H,1,5-7H2,2H3,(H,22,23)/t9-,10+,11-,12+,13-,14-,17?,18+,19-/m1/s1. The summed E-state index contributed by atoms with van der Waals surface area (Å²) in [5.41, 5.74) is -2.00. The summed E-state index contributed by atoms with van der Waals surface area (Å²) in [6.45, 7) is 5.72. The first-order chi connectivity index (χ1) is 11.7. The number of carbonyl (C=O) groups excluding carboxylic acids is 1. The fraction of sp³-hybridized carbons (Fsp3) is 0.684. The maximum absolute atomic E-state index is 12.7. The van der Waals surface area contributed by atoms with Crippen molar-refractivity contribution in [3.63, 3.8) is 0 Å². The molecule has 1 saturated heterocycles. The Bertz CT molecular complexity index is 757. The number of ether oxygens (including phenoxy) is 1. The van der Waals surface area contributed by atoms with Gasteiger partial charge in [-0.25, -0.2) is 0 Å². The van der Waals surface area contributed by atoms with E-state index in [1.54, 1.807) is 19.1 Å². The molecule has 1 spiro atoms. The maximum Gasteiger partial charge on any atom is 0.316 e. The minimum Gasteiger partial charge on any atom is -0.481 e. The SMILES string of the molecule is C=C1C[C@]23C[C@H]1[C@@H](O)C[C@H]2[C@@]12C=C[C@H](O)C(C)(C(=O)O1)[C@H]2[C@@H]3C(=O)O. The molecule has 9 atom stereocenters. The maximum atomic E-state index is 12.7. The molecule has 0 aromatic heterocycles. The Morgan fingerprint density at radius 1 is 1.40 bits per heavy atom. The Balaban J connectivity index is 1.78. The zero-order chi connectivity index (χ0) is 17.9. The number of esters is 1. The third kappa shape index (κ3) is 1.40. The number of rotatable bonds is 1. The summed E-state index contributed by atoms with van der Waals surface area (Å²) < 4.78 is 5.86. The molecule has 5 aliphatic rings. The first kappa shape index (κ1) is 15.6. The van der Waals surface area contributed by atoms with E-state index in [0.717, 1.165) is 5.57 Å². The number of carboxylic acid groups (broad SMARTS) is 1. The molecule has 0 aromatic carbocycles. The first-order valence-electron chi connectivity index (χ1n) is 8.88. The van der Waals surface area contributed by atoms with Crippen molar-refractivity contribution in [1.82, 2.24) is 0 Å². The molecule has 4 fully saturated rings. The van der Waals surface area contributed by atoms with Crippen LogP contribution in [0.25, 0.3) is 0 Å². The number of aliphatic carboxylic acids is 1. The fourth-order valence-electron chi connectivity index (χ4n) is 7.13. The number of carboxylic acids is 1. The van der Waals surface area contributed by atoms with Crippen LogP contribution in [0.1, 0.15) is 26.2 Å². The van der Waals surface area contributed by atoms with Gasteiger partial charge in [-0.15, -0.1) is 0 Å². The molecular formula is C19H22O6. The van der Waals surface area contributed by atoms with Gasteiger partial charge in [0.1, 0.15) is 11.0 Å². The fourth-order valence-corrected chi connectivity index (χ4v) is 7.13. The number of carbonyl (C=O) groups is 2. The summed E-state index contributed by atoms with van der Waals surface area (Å²) in [6, 6.07) is 0. The van der Waals surface area contributed by atoms with Crippen molar-refractivity contribution in [2.45, 2.75) is 44.0 Å². The monoisotopic (exact) mass is 346 g/mol. The highest BCUT2D eigenvalue weighted by Crippen LogP contribution is 2.76. The van der Waals surface area contributed by atoms with Crippen molar-refractivity contribution >= 4 is 11.9 Å². The molecule has 5 rings (SSSR count). The van der Waals surface area contributed by atoms with Gasteiger partial charge >= 0.3 is 11.9 Å². The van der Waals surface area contributed by atoms with Crippen molar-refractivity contribution in [1.29, 1.82) is 0 Å². The van der Waals surface area contributed by atoms with E-state index < -0.39 is 52.4 Å². The van der Waals surface area contributed by atoms with E-state index in [1.807, 2.05) is 0 Å². The average molecular weight is 346 g/mol. The van der Waals surface area contributed by atoms with Crippen LogP contribution >= 0.6 is 0 Å². The van der Waals surface area contributed by atoms with Crippen LogP contribution < -0.4 is 0 Å². The zero-order valence-electron chi connectivity index (χ0n) is 14.0. The van der Waals surface area contributed by atoms with Crippen LogP contribution in [-0.4, -0.2) is 45.1 Å².